The minimum atomic E-state index is -1.26. The number of hydroxylamine groups is 2. The Morgan fingerprint density at radius 1 is 1.64 bits per heavy atom. The molecule has 5 nitrogen and oxygen atoms in total. The van der Waals surface area contributed by atoms with Crippen molar-refractivity contribution < 1.29 is 14.7 Å². The topological polar surface area (TPSA) is 61.8 Å². The van der Waals surface area contributed by atoms with Crippen LogP contribution in [-0.4, -0.2) is 36.1 Å². The van der Waals surface area contributed by atoms with Crippen molar-refractivity contribution in [3.8, 4) is 0 Å². The Balaban J connectivity index is 3.56. The van der Waals surface area contributed by atoms with E-state index in [4.69, 9.17) is 9.94 Å². The Labute approximate surface area is 65.9 Å². The van der Waals surface area contributed by atoms with Gasteiger partial charge in [0.05, 0.1) is 0 Å². The standard InChI is InChI=1S/C6H14N2O3/c1-5(2)8(3)11-6(10)7-4-9/h4-6,10H,1-3H3,(H,7,9). The first-order valence-corrected chi connectivity index (χ1v) is 3.35. The van der Waals surface area contributed by atoms with E-state index >= 15 is 0 Å². The van der Waals surface area contributed by atoms with E-state index in [1.54, 1.807) is 7.05 Å². The largest absolute Gasteiger partial charge is 0.350 e. The third-order valence-corrected chi connectivity index (χ3v) is 1.20. The second-order valence-corrected chi connectivity index (χ2v) is 2.38. The number of nitrogens with one attached hydrogen (secondary N) is 1. The summed E-state index contributed by atoms with van der Waals surface area (Å²) in [6.45, 7) is 3.79. The van der Waals surface area contributed by atoms with Crippen LogP contribution in [0.4, 0.5) is 0 Å². The molecule has 0 saturated carbocycles. The highest BCUT2D eigenvalue weighted by molar-refractivity contribution is 5.45. The first-order valence-electron chi connectivity index (χ1n) is 3.35. The first kappa shape index (κ1) is 10.3. The lowest BCUT2D eigenvalue weighted by atomic mass is 10.4. The van der Waals surface area contributed by atoms with E-state index in [-0.39, 0.29) is 6.04 Å². The lowest BCUT2D eigenvalue weighted by molar-refractivity contribution is -0.272. The zero-order valence-electron chi connectivity index (χ0n) is 6.94. The molecule has 0 aliphatic carbocycles. The van der Waals surface area contributed by atoms with Crippen molar-refractivity contribution in [2.75, 3.05) is 7.05 Å². The van der Waals surface area contributed by atoms with Gasteiger partial charge < -0.3 is 10.4 Å². The molecule has 11 heavy (non-hydrogen) atoms. The summed E-state index contributed by atoms with van der Waals surface area (Å²) in [5.41, 5.74) is 0. The molecular formula is C6H14N2O3. The number of hydrogen-bond donors (Lipinski definition) is 2. The van der Waals surface area contributed by atoms with Gasteiger partial charge in [0, 0.05) is 13.1 Å². The van der Waals surface area contributed by atoms with E-state index in [0.717, 1.165) is 0 Å². The molecule has 2 N–H and O–H groups in total. The van der Waals surface area contributed by atoms with Gasteiger partial charge in [-0.05, 0) is 13.8 Å². The number of rotatable bonds is 5. The van der Waals surface area contributed by atoms with Crippen LogP contribution in [0.5, 0.6) is 0 Å². The van der Waals surface area contributed by atoms with E-state index in [2.05, 4.69) is 0 Å². The summed E-state index contributed by atoms with van der Waals surface area (Å²) in [5.74, 6) is 0. The summed E-state index contributed by atoms with van der Waals surface area (Å²) in [6.07, 6.45) is -0.890. The van der Waals surface area contributed by atoms with Gasteiger partial charge in [-0.2, -0.15) is 5.06 Å². The molecule has 0 spiro atoms. The van der Waals surface area contributed by atoms with Crippen molar-refractivity contribution in [3.05, 3.63) is 0 Å². The molecule has 0 aliphatic heterocycles. The molecule has 0 rings (SSSR count). The highest BCUT2D eigenvalue weighted by Crippen LogP contribution is 1.95. The Hall–Kier alpha value is -0.650. The summed E-state index contributed by atoms with van der Waals surface area (Å²) in [5, 5.41) is 12.4. The lowest BCUT2D eigenvalue weighted by Crippen LogP contribution is -2.39. The number of amides is 1. The quantitative estimate of drug-likeness (QED) is 0.318. The Kier molecular flexibility index (Phi) is 4.76. The highest BCUT2D eigenvalue weighted by atomic mass is 16.8. The van der Waals surface area contributed by atoms with Crippen LogP contribution in [0.2, 0.25) is 0 Å². The summed E-state index contributed by atoms with van der Waals surface area (Å²) < 4.78 is 0. The minimum absolute atomic E-state index is 0.151. The maximum absolute atomic E-state index is 9.80. The zero-order chi connectivity index (χ0) is 8.85. The van der Waals surface area contributed by atoms with Crippen LogP contribution in [0, 0.1) is 0 Å². The fraction of sp³-hybridized carbons (Fsp3) is 0.833. The fourth-order valence-electron chi connectivity index (χ4n) is 0.368. The van der Waals surface area contributed by atoms with Crippen LogP contribution in [-0.2, 0) is 9.63 Å². The van der Waals surface area contributed by atoms with E-state index < -0.39 is 6.41 Å². The number of carbonyl (C=O) groups is 1. The Morgan fingerprint density at radius 3 is 2.55 bits per heavy atom. The minimum Gasteiger partial charge on any atom is -0.350 e. The van der Waals surface area contributed by atoms with Crippen LogP contribution in [0.1, 0.15) is 13.8 Å². The van der Waals surface area contributed by atoms with Gasteiger partial charge in [0.25, 0.3) is 6.41 Å². The van der Waals surface area contributed by atoms with Gasteiger partial charge in [0.2, 0.25) is 6.41 Å². The molecule has 0 aliphatic rings. The maximum Gasteiger partial charge on any atom is 0.255 e. The van der Waals surface area contributed by atoms with Crippen molar-refractivity contribution in [2.24, 2.45) is 0 Å². The van der Waals surface area contributed by atoms with Crippen molar-refractivity contribution in [3.63, 3.8) is 0 Å². The summed E-state index contributed by atoms with van der Waals surface area (Å²) >= 11 is 0. The van der Waals surface area contributed by atoms with E-state index in [0.29, 0.717) is 6.41 Å². The van der Waals surface area contributed by atoms with Crippen molar-refractivity contribution in [1.82, 2.24) is 10.4 Å². The predicted octanol–water partition coefficient (Wildman–Crippen LogP) is -0.720. The molecule has 0 saturated heterocycles. The summed E-state index contributed by atoms with van der Waals surface area (Å²) in [7, 11) is 1.67. The molecule has 0 radical (unpaired) electrons. The van der Waals surface area contributed by atoms with E-state index in [1.807, 2.05) is 19.2 Å². The van der Waals surface area contributed by atoms with E-state index in [9.17, 15) is 4.79 Å². The number of nitrogens with zero attached hydrogens (tertiary/aromatic N) is 1. The number of hydrogen-bond acceptors (Lipinski definition) is 4. The maximum atomic E-state index is 9.80. The van der Waals surface area contributed by atoms with Crippen LogP contribution < -0.4 is 5.32 Å². The Morgan fingerprint density at radius 2 is 2.18 bits per heavy atom. The third kappa shape index (κ3) is 4.72. The second-order valence-electron chi connectivity index (χ2n) is 2.38. The molecule has 66 valence electrons. The van der Waals surface area contributed by atoms with Crippen molar-refractivity contribution in [1.29, 1.82) is 0 Å². The average molecular weight is 162 g/mol. The summed E-state index contributed by atoms with van der Waals surface area (Å²) in [6, 6.07) is 0.151. The molecular weight excluding hydrogens is 148 g/mol. The average Bonchev–Trinajstić information content (AvgIpc) is 1.87. The second kappa shape index (κ2) is 5.06. The van der Waals surface area contributed by atoms with Crippen LogP contribution in [0.25, 0.3) is 0 Å². The molecule has 0 aromatic rings. The van der Waals surface area contributed by atoms with Crippen molar-refractivity contribution in [2.45, 2.75) is 26.3 Å². The first-order chi connectivity index (χ1) is 5.07. The normalized spacial score (nSPS) is 13.6. The van der Waals surface area contributed by atoms with Gasteiger partial charge in [-0.3, -0.25) is 4.79 Å². The van der Waals surface area contributed by atoms with E-state index in [1.165, 1.54) is 5.06 Å². The summed E-state index contributed by atoms with van der Waals surface area (Å²) in [4.78, 5) is 14.6. The molecule has 0 aromatic carbocycles. The monoisotopic (exact) mass is 162 g/mol. The SMILES string of the molecule is CC(C)N(C)OC(O)NC=O. The smallest absolute Gasteiger partial charge is 0.255 e. The fourth-order valence-corrected chi connectivity index (χ4v) is 0.368. The third-order valence-electron chi connectivity index (χ3n) is 1.20. The molecule has 1 amide bonds. The molecule has 1 atom stereocenters. The molecule has 5 heteroatoms. The van der Waals surface area contributed by atoms with Crippen LogP contribution in [0.3, 0.4) is 0 Å². The number of aliphatic hydroxyl groups excluding tert-OH is 1. The predicted molar refractivity (Wildman–Crippen MR) is 39.2 cm³/mol. The number of aliphatic hydroxyl groups is 1. The molecule has 0 heterocycles. The highest BCUT2D eigenvalue weighted by Gasteiger charge is 2.08. The molecule has 0 bridgehead atoms. The molecule has 1 unspecified atom stereocenters. The van der Waals surface area contributed by atoms with Gasteiger partial charge in [-0.25, -0.2) is 4.84 Å². The van der Waals surface area contributed by atoms with Gasteiger partial charge in [-0.15, -0.1) is 0 Å². The van der Waals surface area contributed by atoms with Gasteiger partial charge >= 0.3 is 0 Å². The van der Waals surface area contributed by atoms with Gasteiger partial charge in [-0.1, -0.05) is 0 Å². The van der Waals surface area contributed by atoms with Gasteiger partial charge in [0.1, 0.15) is 0 Å². The van der Waals surface area contributed by atoms with Crippen molar-refractivity contribution >= 4 is 6.41 Å². The Bertz CT molecular complexity index is 118. The number of carbonyl (C=O) groups excluding carboxylic acids is 1. The molecule has 0 fully saturated rings. The van der Waals surface area contributed by atoms with Gasteiger partial charge in [0.15, 0.2) is 0 Å². The molecule has 0 aromatic heterocycles. The van der Waals surface area contributed by atoms with Crippen LogP contribution >= 0.6 is 0 Å². The lowest BCUT2D eigenvalue weighted by Gasteiger charge is -2.22. The van der Waals surface area contributed by atoms with Crippen LogP contribution in [0.15, 0.2) is 0 Å². The zero-order valence-corrected chi connectivity index (χ0v) is 6.94.